The van der Waals surface area contributed by atoms with Crippen LogP contribution in [0.4, 0.5) is 0 Å². The van der Waals surface area contributed by atoms with E-state index >= 15 is 0 Å². The van der Waals surface area contributed by atoms with E-state index in [0.29, 0.717) is 23.5 Å². The Labute approximate surface area is 79.2 Å². The molecule has 13 heavy (non-hydrogen) atoms. The van der Waals surface area contributed by atoms with Gasteiger partial charge in [-0.05, 0) is 30.6 Å². The highest BCUT2D eigenvalue weighted by Crippen LogP contribution is 2.58. The third-order valence-corrected chi connectivity index (χ3v) is 4.34. The van der Waals surface area contributed by atoms with Crippen LogP contribution in [0.5, 0.6) is 0 Å². The van der Waals surface area contributed by atoms with Crippen LogP contribution in [-0.2, 0) is 4.79 Å². The Morgan fingerprint density at radius 2 is 2.00 bits per heavy atom. The number of carbonyl (C=O) groups excluding carboxylic acids is 1. The Hall–Kier alpha value is -0.590. The summed E-state index contributed by atoms with van der Waals surface area (Å²) in [5, 5.41) is 0. The predicted molar refractivity (Wildman–Crippen MR) is 51.1 cm³/mol. The van der Waals surface area contributed by atoms with Gasteiger partial charge in [0.15, 0.2) is 0 Å². The molecule has 0 N–H and O–H groups in total. The fourth-order valence-electron chi connectivity index (χ4n) is 3.73. The summed E-state index contributed by atoms with van der Waals surface area (Å²) in [7, 11) is 0. The number of Topliss-reactive ketones (excluding diaryl/α,β-unsaturated/α-hetero) is 1. The van der Waals surface area contributed by atoms with Gasteiger partial charge in [0.25, 0.3) is 0 Å². The lowest BCUT2D eigenvalue weighted by Gasteiger charge is -2.17. The molecule has 70 valence electrons. The standard InChI is InChI=1S/C12H16O/c1-12(2)6-9-7-3-4-8(5-7)10(9)11(12)13/h3-4,7-10H,5-6H2,1-2H3/t7?,8?,9-,10+/m0/s1. The topological polar surface area (TPSA) is 17.1 Å². The molecular weight excluding hydrogens is 160 g/mol. The van der Waals surface area contributed by atoms with Gasteiger partial charge in [-0.2, -0.15) is 0 Å². The van der Waals surface area contributed by atoms with E-state index in [-0.39, 0.29) is 5.41 Å². The molecule has 3 rings (SSSR count). The molecule has 2 bridgehead atoms. The zero-order valence-corrected chi connectivity index (χ0v) is 8.29. The van der Waals surface area contributed by atoms with Gasteiger partial charge in [0.1, 0.15) is 5.78 Å². The molecule has 0 spiro atoms. The van der Waals surface area contributed by atoms with Crippen molar-refractivity contribution >= 4 is 5.78 Å². The van der Waals surface area contributed by atoms with E-state index in [2.05, 4.69) is 26.0 Å². The van der Waals surface area contributed by atoms with E-state index in [9.17, 15) is 4.79 Å². The van der Waals surface area contributed by atoms with E-state index in [0.717, 1.165) is 12.3 Å². The minimum absolute atomic E-state index is 0.0295. The van der Waals surface area contributed by atoms with Gasteiger partial charge in [-0.25, -0.2) is 0 Å². The van der Waals surface area contributed by atoms with Crippen molar-refractivity contribution in [2.45, 2.75) is 26.7 Å². The molecule has 2 saturated carbocycles. The van der Waals surface area contributed by atoms with Gasteiger partial charge in [0.2, 0.25) is 0 Å². The fourth-order valence-corrected chi connectivity index (χ4v) is 3.73. The second-order valence-electron chi connectivity index (χ2n) is 5.59. The first-order valence-electron chi connectivity index (χ1n) is 5.32. The summed E-state index contributed by atoms with van der Waals surface area (Å²) in [6.45, 7) is 4.24. The van der Waals surface area contributed by atoms with Crippen molar-refractivity contribution in [2.24, 2.45) is 29.1 Å². The van der Waals surface area contributed by atoms with Gasteiger partial charge in [-0.15, -0.1) is 0 Å². The molecule has 3 aliphatic carbocycles. The number of ketones is 1. The van der Waals surface area contributed by atoms with E-state index < -0.39 is 0 Å². The second kappa shape index (κ2) is 2.08. The van der Waals surface area contributed by atoms with Gasteiger partial charge in [0, 0.05) is 11.3 Å². The molecule has 2 fully saturated rings. The molecule has 0 aliphatic heterocycles. The Balaban J connectivity index is 2.01. The first kappa shape index (κ1) is 7.78. The molecule has 0 saturated heterocycles. The van der Waals surface area contributed by atoms with Crippen LogP contribution in [0.25, 0.3) is 0 Å². The summed E-state index contributed by atoms with van der Waals surface area (Å²) in [6, 6.07) is 0. The zero-order chi connectivity index (χ0) is 9.22. The third kappa shape index (κ3) is 0.806. The quantitative estimate of drug-likeness (QED) is 0.518. The van der Waals surface area contributed by atoms with Crippen LogP contribution in [-0.4, -0.2) is 5.78 Å². The third-order valence-electron chi connectivity index (χ3n) is 4.34. The van der Waals surface area contributed by atoms with Crippen molar-refractivity contribution in [2.75, 3.05) is 0 Å². The molecule has 1 heteroatoms. The van der Waals surface area contributed by atoms with Crippen LogP contribution in [0, 0.1) is 29.1 Å². The molecule has 4 atom stereocenters. The largest absolute Gasteiger partial charge is 0.299 e. The first-order valence-corrected chi connectivity index (χ1v) is 5.32. The van der Waals surface area contributed by atoms with E-state index in [4.69, 9.17) is 0 Å². The van der Waals surface area contributed by atoms with Crippen LogP contribution < -0.4 is 0 Å². The highest BCUT2D eigenvalue weighted by atomic mass is 16.1. The lowest BCUT2D eigenvalue weighted by atomic mass is 9.85. The molecule has 3 aliphatic rings. The summed E-state index contributed by atoms with van der Waals surface area (Å²) in [4.78, 5) is 12.1. The number of hydrogen-bond acceptors (Lipinski definition) is 1. The molecule has 2 unspecified atom stereocenters. The summed E-state index contributed by atoms with van der Waals surface area (Å²) in [6.07, 6.45) is 7.02. The van der Waals surface area contributed by atoms with Gasteiger partial charge < -0.3 is 0 Å². The molecular formula is C12H16O. The number of rotatable bonds is 0. The molecule has 0 amide bonds. The highest BCUT2D eigenvalue weighted by Gasteiger charge is 2.57. The van der Waals surface area contributed by atoms with Crippen LogP contribution >= 0.6 is 0 Å². The summed E-state index contributed by atoms with van der Waals surface area (Å²) in [5.74, 6) is 2.96. The molecule has 0 aromatic carbocycles. The maximum absolute atomic E-state index is 12.1. The van der Waals surface area contributed by atoms with Gasteiger partial charge in [0.05, 0.1) is 0 Å². The lowest BCUT2D eigenvalue weighted by molar-refractivity contribution is -0.128. The van der Waals surface area contributed by atoms with E-state index in [1.165, 1.54) is 6.42 Å². The Kier molecular flexibility index (Phi) is 1.24. The summed E-state index contributed by atoms with van der Waals surface area (Å²) < 4.78 is 0. The molecule has 0 aromatic rings. The average molecular weight is 176 g/mol. The normalized spacial score (nSPS) is 50.2. The molecule has 0 radical (unpaired) electrons. The van der Waals surface area contributed by atoms with E-state index in [1.807, 2.05) is 0 Å². The Morgan fingerprint density at radius 3 is 2.69 bits per heavy atom. The average Bonchev–Trinajstić information content (AvgIpc) is 2.65. The van der Waals surface area contributed by atoms with Gasteiger partial charge in [-0.1, -0.05) is 26.0 Å². The van der Waals surface area contributed by atoms with E-state index in [1.54, 1.807) is 0 Å². The minimum Gasteiger partial charge on any atom is -0.299 e. The van der Waals surface area contributed by atoms with Gasteiger partial charge in [-0.3, -0.25) is 4.79 Å². The predicted octanol–water partition coefficient (Wildman–Crippen LogP) is 2.42. The number of allylic oxidation sites excluding steroid dienone is 2. The van der Waals surface area contributed by atoms with Crippen molar-refractivity contribution in [1.29, 1.82) is 0 Å². The fraction of sp³-hybridized carbons (Fsp3) is 0.750. The molecule has 1 nitrogen and oxygen atoms in total. The number of carbonyl (C=O) groups is 1. The van der Waals surface area contributed by atoms with Crippen LogP contribution in [0.2, 0.25) is 0 Å². The van der Waals surface area contributed by atoms with Gasteiger partial charge >= 0.3 is 0 Å². The summed E-state index contributed by atoms with van der Waals surface area (Å²) >= 11 is 0. The van der Waals surface area contributed by atoms with Crippen molar-refractivity contribution in [3.05, 3.63) is 12.2 Å². The minimum atomic E-state index is -0.0295. The first-order chi connectivity index (χ1) is 6.09. The number of hydrogen-bond donors (Lipinski definition) is 0. The maximum atomic E-state index is 12.1. The summed E-state index contributed by atoms with van der Waals surface area (Å²) in [5.41, 5.74) is -0.0295. The van der Waals surface area contributed by atoms with Crippen molar-refractivity contribution in [3.63, 3.8) is 0 Å². The Bertz CT molecular complexity index is 300. The van der Waals surface area contributed by atoms with Crippen LogP contribution in [0.15, 0.2) is 12.2 Å². The molecule has 0 aromatic heterocycles. The molecule has 0 heterocycles. The van der Waals surface area contributed by atoms with Crippen molar-refractivity contribution in [1.82, 2.24) is 0 Å². The SMILES string of the molecule is CC1(C)C[C@H]2C3C=CC(C3)[C@H]2C1=O. The zero-order valence-electron chi connectivity index (χ0n) is 8.29. The second-order valence-corrected chi connectivity index (χ2v) is 5.59. The van der Waals surface area contributed by atoms with Crippen molar-refractivity contribution in [3.8, 4) is 0 Å². The van der Waals surface area contributed by atoms with Crippen molar-refractivity contribution < 1.29 is 4.79 Å². The smallest absolute Gasteiger partial charge is 0.142 e. The van der Waals surface area contributed by atoms with Crippen LogP contribution in [0.1, 0.15) is 26.7 Å². The van der Waals surface area contributed by atoms with Crippen LogP contribution in [0.3, 0.4) is 0 Å². The Morgan fingerprint density at radius 1 is 1.31 bits per heavy atom. The lowest BCUT2D eigenvalue weighted by Crippen LogP contribution is -2.25. The maximum Gasteiger partial charge on any atom is 0.142 e. The monoisotopic (exact) mass is 176 g/mol. The number of fused-ring (bicyclic) bond motifs is 5. The highest BCUT2D eigenvalue weighted by molar-refractivity contribution is 5.90.